The van der Waals surface area contributed by atoms with Crippen LogP contribution in [-0.4, -0.2) is 35.1 Å². The van der Waals surface area contributed by atoms with Crippen LogP contribution in [0.4, 0.5) is 5.00 Å². The molecular formula is C18H17N3O4S2. The molecule has 0 radical (unpaired) electrons. The first-order chi connectivity index (χ1) is 13.2. The Balaban J connectivity index is 1.46. The number of esters is 1. The maximum atomic E-state index is 12.4. The van der Waals surface area contributed by atoms with E-state index in [-0.39, 0.29) is 12.5 Å². The number of ether oxygens (including phenoxy) is 2. The van der Waals surface area contributed by atoms with Gasteiger partial charge in [0.1, 0.15) is 16.2 Å². The highest BCUT2D eigenvalue weighted by molar-refractivity contribution is 7.16. The van der Waals surface area contributed by atoms with Gasteiger partial charge < -0.3 is 14.8 Å². The fraction of sp³-hybridized carbons (Fsp3) is 0.333. The summed E-state index contributed by atoms with van der Waals surface area (Å²) >= 11 is 2.82. The number of nitrogens with one attached hydrogen (secondary N) is 1. The number of aromatic nitrogens is 2. The van der Waals surface area contributed by atoms with Crippen LogP contribution < -0.4 is 10.1 Å². The van der Waals surface area contributed by atoms with Crippen LogP contribution in [0.25, 0.3) is 10.2 Å². The van der Waals surface area contributed by atoms with Gasteiger partial charge in [-0.1, -0.05) is 0 Å². The third-order valence-corrected chi connectivity index (χ3v) is 5.87. The van der Waals surface area contributed by atoms with E-state index in [2.05, 4.69) is 15.3 Å². The summed E-state index contributed by atoms with van der Waals surface area (Å²) in [5, 5.41) is 7.88. The van der Waals surface area contributed by atoms with Crippen molar-refractivity contribution in [3.8, 4) is 5.88 Å². The number of rotatable bonds is 7. The normalized spacial score (nSPS) is 13.5. The highest BCUT2D eigenvalue weighted by Crippen LogP contribution is 2.46. The summed E-state index contributed by atoms with van der Waals surface area (Å²) in [6, 6.07) is 1.85. The molecule has 3 aromatic heterocycles. The average Bonchev–Trinajstić information content (AvgIpc) is 3.23. The predicted octanol–water partition coefficient (Wildman–Crippen LogP) is 3.82. The Hall–Kier alpha value is -2.52. The van der Waals surface area contributed by atoms with Crippen LogP contribution in [0.1, 0.15) is 41.6 Å². The SMILES string of the molecule is CCOC(=O)c1c(C2CC2)csc1NC(=O)COc1ncnc2sccc12. The maximum absolute atomic E-state index is 12.4. The van der Waals surface area contributed by atoms with Crippen LogP contribution in [0.2, 0.25) is 0 Å². The summed E-state index contributed by atoms with van der Waals surface area (Å²) in [7, 11) is 0. The van der Waals surface area contributed by atoms with E-state index in [0.29, 0.717) is 29.0 Å². The monoisotopic (exact) mass is 403 g/mol. The lowest BCUT2D eigenvalue weighted by atomic mass is 10.1. The minimum absolute atomic E-state index is 0.207. The molecule has 3 heterocycles. The van der Waals surface area contributed by atoms with Gasteiger partial charge in [-0.05, 0) is 48.1 Å². The van der Waals surface area contributed by atoms with Crippen molar-refractivity contribution in [1.29, 1.82) is 0 Å². The fourth-order valence-corrected chi connectivity index (χ4v) is 4.52. The highest BCUT2D eigenvalue weighted by atomic mass is 32.1. The number of nitrogens with zero attached hydrogens (tertiary/aromatic N) is 2. The molecule has 0 bridgehead atoms. The van der Waals surface area contributed by atoms with E-state index in [1.54, 1.807) is 6.92 Å². The number of hydrogen-bond donors (Lipinski definition) is 1. The second kappa shape index (κ2) is 7.61. The molecule has 3 aromatic rings. The Labute approximate surface area is 163 Å². The number of thiophene rings is 2. The van der Waals surface area contributed by atoms with Crippen molar-refractivity contribution in [1.82, 2.24) is 9.97 Å². The van der Waals surface area contributed by atoms with E-state index >= 15 is 0 Å². The van der Waals surface area contributed by atoms with Crippen molar-refractivity contribution in [2.24, 2.45) is 0 Å². The lowest BCUT2D eigenvalue weighted by molar-refractivity contribution is -0.118. The van der Waals surface area contributed by atoms with E-state index in [1.165, 1.54) is 29.0 Å². The maximum Gasteiger partial charge on any atom is 0.341 e. The molecule has 1 N–H and O–H groups in total. The Bertz CT molecular complexity index is 994. The zero-order valence-corrected chi connectivity index (χ0v) is 16.2. The molecule has 0 unspecified atom stereocenters. The van der Waals surface area contributed by atoms with Gasteiger partial charge in [0.05, 0.1) is 17.6 Å². The van der Waals surface area contributed by atoms with Crippen LogP contribution in [-0.2, 0) is 9.53 Å². The van der Waals surface area contributed by atoms with Gasteiger partial charge in [0.2, 0.25) is 5.88 Å². The summed E-state index contributed by atoms with van der Waals surface area (Å²) in [6.07, 6.45) is 3.53. The molecule has 0 spiro atoms. The molecule has 0 aliphatic heterocycles. The molecule has 9 heteroatoms. The number of hydrogen-bond acceptors (Lipinski definition) is 8. The number of carbonyl (C=O) groups is 2. The molecule has 27 heavy (non-hydrogen) atoms. The van der Waals surface area contributed by atoms with Gasteiger partial charge in [0.15, 0.2) is 6.61 Å². The highest BCUT2D eigenvalue weighted by Gasteiger charge is 2.32. The summed E-state index contributed by atoms with van der Waals surface area (Å²) in [5.74, 6) is 0.00158. The fourth-order valence-electron chi connectivity index (χ4n) is 2.75. The second-order valence-electron chi connectivity index (χ2n) is 6.05. The van der Waals surface area contributed by atoms with E-state index in [4.69, 9.17) is 9.47 Å². The minimum Gasteiger partial charge on any atom is -0.467 e. The zero-order chi connectivity index (χ0) is 18.8. The van der Waals surface area contributed by atoms with Gasteiger partial charge in [0, 0.05) is 0 Å². The van der Waals surface area contributed by atoms with E-state index < -0.39 is 5.97 Å². The Morgan fingerprint density at radius 1 is 1.30 bits per heavy atom. The Morgan fingerprint density at radius 2 is 2.15 bits per heavy atom. The van der Waals surface area contributed by atoms with Crippen LogP contribution >= 0.6 is 22.7 Å². The summed E-state index contributed by atoms with van der Waals surface area (Å²) in [5.41, 5.74) is 1.44. The van der Waals surface area contributed by atoms with Crippen molar-refractivity contribution >= 4 is 49.8 Å². The summed E-state index contributed by atoms with van der Waals surface area (Å²) in [6.45, 7) is 1.85. The van der Waals surface area contributed by atoms with E-state index in [9.17, 15) is 9.59 Å². The molecule has 7 nitrogen and oxygen atoms in total. The summed E-state index contributed by atoms with van der Waals surface area (Å²) in [4.78, 5) is 33.7. The minimum atomic E-state index is -0.396. The molecule has 0 atom stereocenters. The first kappa shape index (κ1) is 17.9. The van der Waals surface area contributed by atoms with Crippen molar-refractivity contribution in [3.63, 3.8) is 0 Å². The van der Waals surface area contributed by atoms with Gasteiger partial charge in [0.25, 0.3) is 5.91 Å². The Morgan fingerprint density at radius 3 is 2.93 bits per heavy atom. The lowest BCUT2D eigenvalue weighted by Crippen LogP contribution is -2.21. The average molecular weight is 403 g/mol. The third-order valence-electron chi connectivity index (χ3n) is 4.13. The summed E-state index contributed by atoms with van der Waals surface area (Å²) < 4.78 is 10.7. The molecule has 1 saturated carbocycles. The number of anilines is 1. The topological polar surface area (TPSA) is 90.4 Å². The van der Waals surface area contributed by atoms with Crippen molar-refractivity contribution in [3.05, 3.63) is 34.3 Å². The molecule has 1 aliphatic carbocycles. The van der Waals surface area contributed by atoms with Crippen LogP contribution in [0, 0.1) is 0 Å². The van der Waals surface area contributed by atoms with Gasteiger partial charge in [-0.25, -0.2) is 14.8 Å². The quantitative estimate of drug-likeness (QED) is 0.603. The Kier molecular flexibility index (Phi) is 5.04. The van der Waals surface area contributed by atoms with Crippen molar-refractivity contribution in [2.45, 2.75) is 25.7 Å². The van der Waals surface area contributed by atoms with Crippen LogP contribution in [0.5, 0.6) is 5.88 Å². The standard InChI is InChI=1S/C18H17N3O4S2/c1-2-24-18(23)14-12(10-3-4-10)8-27-17(14)21-13(22)7-25-15-11-5-6-26-16(11)20-9-19-15/h5-6,8-10H,2-4,7H2,1H3,(H,21,22). The molecule has 1 aliphatic rings. The van der Waals surface area contributed by atoms with E-state index in [0.717, 1.165) is 28.6 Å². The second-order valence-corrected chi connectivity index (χ2v) is 7.82. The van der Waals surface area contributed by atoms with Crippen molar-refractivity contribution < 1.29 is 19.1 Å². The van der Waals surface area contributed by atoms with Crippen LogP contribution in [0.15, 0.2) is 23.2 Å². The molecular weight excluding hydrogens is 386 g/mol. The molecule has 140 valence electrons. The molecule has 1 amide bonds. The zero-order valence-electron chi connectivity index (χ0n) is 14.6. The van der Waals surface area contributed by atoms with Gasteiger partial charge in [-0.15, -0.1) is 22.7 Å². The van der Waals surface area contributed by atoms with Crippen molar-refractivity contribution in [2.75, 3.05) is 18.5 Å². The molecule has 0 saturated heterocycles. The lowest BCUT2D eigenvalue weighted by Gasteiger charge is -2.09. The van der Waals surface area contributed by atoms with E-state index in [1.807, 2.05) is 16.8 Å². The molecule has 0 aromatic carbocycles. The molecule has 1 fully saturated rings. The smallest absolute Gasteiger partial charge is 0.341 e. The van der Waals surface area contributed by atoms with Gasteiger partial charge in [-0.3, -0.25) is 4.79 Å². The van der Waals surface area contributed by atoms with Gasteiger partial charge in [-0.2, -0.15) is 0 Å². The molecule has 4 rings (SSSR count). The van der Waals surface area contributed by atoms with Gasteiger partial charge >= 0.3 is 5.97 Å². The predicted molar refractivity (Wildman–Crippen MR) is 104 cm³/mol. The third kappa shape index (κ3) is 3.79. The number of carbonyl (C=O) groups excluding carboxylic acids is 2. The largest absolute Gasteiger partial charge is 0.467 e. The first-order valence-corrected chi connectivity index (χ1v) is 10.3. The first-order valence-electron chi connectivity index (χ1n) is 8.56. The number of amides is 1. The number of fused-ring (bicyclic) bond motifs is 1. The van der Waals surface area contributed by atoms with Crippen LogP contribution in [0.3, 0.4) is 0 Å².